The first-order valence-corrected chi connectivity index (χ1v) is 3.10. The fourth-order valence-corrected chi connectivity index (χ4v) is 0.521. The molecule has 0 aliphatic heterocycles. The third-order valence-electron chi connectivity index (χ3n) is 1.06. The predicted octanol–water partition coefficient (Wildman–Crippen LogP) is 2.75. The molecule has 0 fully saturated rings. The second-order valence-corrected chi connectivity index (χ2v) is 2.13. The molecule has 0 aromatic carbocycles. The molecule has 0 bridgehead atoms. The molecule has 0 nitrogen and oxygen atoms in total. The lowest BCUT2D eigenvalue weighted by Crippen LogP contribution is -1.75. The molecule has 0 rings (SSSR count). The Hall–Kier alpha value is -0.230. The second kappa shape index (κ2) is 3.73. The molecule has 46 valence electrons. The molecule has 0 aliphatic carbocycles. The van der Waals surface area contributed by atoms with Gasteiger partial charge in [-0.15, -0.1) is 11.6 Å². The highest BCUT2D eigenvalue weighted by molar-refractivity contribution is 6.18. The van der Waals surface area contributed by atoms with Gasteiger partial charge in [0.25, 0.3) is 0 Å². The van der Waals surface area contributed by atoms with E-state index in [0.29, 0.717) is 5.88 Å². The summed E-state index contributed by atoms with van der Waals surface area (Å²) in [4.78, 5) is 0. The van der Waals surface area contributed by atoms with Crippen molar-refractivity contribution in [2.75, 3.05) is 5.88 Å². The first kappa shape index (κ1) is 7.77. The van der Waals surface area contributed by atoms with Crippen LogP contribution in [0, 0.1) is 0 Å². The average molecular weight is 131 g/mol. The van der Waals surface area contributed by atoms with Crippen molar-refractivity contribution < 1.29 is 0 Å². The molecule has 0 spiro atoms. The number of hydrogen-bond donors (Lipinski definition) is 0. The third-order valence-corrected chi connectivity index (χ3v) is 1.21. The normalized spacial score (nSPS) is 11.6. The van der Waals surface area contributed by atoms with Gasteiger partial charge >= 0.3 is 0 Å². The summed E-state index contributed by atoms with van der Waals surface area (Å²) in [6, 6.07) is 0. The standard InChI is InChI=1S/C7H11Cl/c1-6(2)7(3)4-5-8/h4H,1,5H2,2-3H3. The topological polar surface area (TPSA) is 0 Å². The molecular weight excluding hydrogens is 120 g/mol. The first-order chi connectivity index (χ1) is 3.68. The van der Waals surface area contributed by atoms with Crippen LogP contribution in [0.3, 0.4) is 0 Å². The van der Waals surface area contributed by atoms with Gasteiger partial charge in [0.05, 0.1) is 0 Å². The van der Waals surface area contributed by atoms with Crippen molar-refractivity contribution in [1.82, 2.24) is 0 Å². The van der Waals surface area contributed by atoms with Gasteiger partial charge < -0.3 is 0 Å². The summed E-state index contributed by atoms with van der Waals surface area (Å²) in [5.41, 5.74) is 2.27. The maximum atomic E-state index is 5.42. The van der Waals surface area contributed by atoms with E-state index in [-0.39, 0.29) is 0 Å². The average Bonchev–Trinajstić information content (AvgIpc) is 1.67. The highest BCUT2D eigenvalue weighted by atomic mass is 35.5. The maximum absolute atomic E-state index is 5.42. The Labute approximate surface area is 55.9 Å². The van der Waals surface area contributed by atoms with E-state index in [4.69, 9.17) is 11.6 Å². The summed E-state index contributed by atoms with van der Waals surface area (Å²) in [5, 5.41) is 0. The number of hydrogen-bond acceptors (Lipinski definition) is 0. The van der Waals surface area contributed by atoms with Crippen molar-refractivity contribution in [3.8, 4) is 0 Å². The maximum Gasteiger partial charge on any atom is 0.0409 e. The molecule has 0 aromatic heterocycles. The molecule has 0 aliphatic rings. The van der Waals surface area contributed by atoms with Crippen molar-refractivity contribution in [2.45, 2.75) is 13.8 Å². The first-order valence-electron chi connectivity index (χ1n) is 2.57. The summed E-state index contributed by atoms with van der Waals surface area (Å²) in [5.74, 6) is 0.582. The van der Waals surface area contributed by atoms with E-state index in [2.05, 4.69) is 6.58 Å². The van der Waals surface area contributed by atoms with Crippen molar-refractivity contribution in [3.63, 3.8) is 0 Å². The second-order valence-electron chi connectivity index (χ2n) is 1.82. The fourth-order valence-electron chi connectivity index (χ4n) is 0.290. The van der Waals surface area contributed by atoms with E-state index in [9.17, 15) is 0 Å². The monoisotopic (exact) mass is 130 g/mol. The molecule has 0 saturated carbocycles. The van der Waals surface area contributed by atoms with E-state index < -0.39 is 0 Å². The summed E-state index contributed by atoms with van der Waals surface area (Å²) in [7, 11) is 0. The molecule has 0 unspecified atom stereocenters. The highest BCUT2D eigenvalue weighted by Gasteiger charge is 1.84. The van der Waals surface area contributed by atoms with E-state index in [1.807, 2.05) is 19.9 Å². The van der Waals surface area contributed by atoms with Crippen LogP contribution in [0.15, 0.2) is 23.8 Å². The Morgan fingerprint density at radius 3 is 2.25 bits per heavy atom. The zero-order chi connectivity index (χ0) is 6.57. The van der Waals surface area contributed by atoms with Crippen LogP contribution in [-0.2, 0) is 0 Å². The Balaban J connectivity index is 3.80. The van der Waals surface area contributed by atoms with Crippen LogP contribution in [-0.4, -0.2) is 5.88 Å². The van der Waals surface area contributed by atoms with Crippen LogP contribution in [0.4, 0.5) is 0 Å². The summed E-state index contributed by atoms with van der Waals surface area (Å²) in [6.07, 6.45) is 1.95. The van der Waals surface area contributed by atoms with Crippen LogP contribution in [0.25, 0.3) is 0 Å². The predicted molar refractivity (Wildman–Crippen MR) is 39.3 cm³/mol. The molecule has 0 saturated heterocycles. The molecule has 0 N–H and O–H groups in total. The quantitative estimate of drug-likeness (QED) is 0.398. The lowest BCUT2D eigenvalue weighted by molar-refractivity contribution is 1.34. The molecule has 1 heteroatoms. The Kier molecular flexibility index (Phi) is 3.63. The minimum absolute atomic E-state index is 0.582. The summed E-state index contributed by atoms with van der Waals surface area (Å²) < 4.78 is 0. The van der Waals surface area contributed by atoms with Crippen LogP contribution in [0.1, 0.15) is 13.8 Å². The minimum atomic E-state index is 0.582. The van der Waals surface area contributed by atoms with E-state index in [0.717, 1.165) is 5.57 Å². The summed E-state index contributed by atoms with van der Waals surface area (Å²) >= 11 is 5.42. The third kappa shape index (κ3) is 2.86. The van der Waals surface area contributed by atoms with Gasteiger partial charge in [0.1, 0.15) is 0 Å². The fraction of sp³-hybridized carbons (Fsp3) is 0.429. The van der Waals surface area contributed by atoms with Gasteiger partial charge in [-0.3, -0.25) is 0 Å². The van der Waals surface area contributed by atoms with Crippen LogP contribution >= 0.6 is 11.6 Å². The molecule has 8 heavy (non-hydrogen) atoms. The molecule has 0 radical (unpaired) electrons. The van der Waals surface area contributed by atoms with Gasteiger partial charge in [-0.2, -0.15) is 0 Å². The smallest absolute Gasteiger partial charge is 0.0409 e. The van der Waals surface area contributed by atoms with Gasteiger partial charge in [-0.05, 0) is 13.8 Å². The van der Waals surface area contributed by atoms with Crippen molar-refractivity contribution in [1.29, 1.82) is 0 Å². The Morgan fingerprint density at radius 2 is 2.12 bits per heavy atom. The SMILES string of the molecule is C=C(C)C(C)=CCCl. The van der Waals surface area contributed by atoms with Gasteiger partial charge in [0.15, 0.2) is 0 Å². The number of halogens is 1. The lowest BCUT2D eigenvalue weighted by Gasteiger charge is -1.93. The van der Waals surface area contributed by atoms with Crippen molar-refractivity contribution in [2.24, 2.45) is 0 Å². The summed E-state index contributed by atoms with van der Waals surface area (Å²) in [6.45, 7) is 7.72. The van der Waals surface area contributed by atoms with Crippen molar-refractivity contribution in [3.05, 3.63) is 23.8 Å². The van der Waals surface area contributed by atoms with Crippen LogP contribution in [0.5, 0.6) is 0 Å². The number of allylic oxidation sites excluding steroid dienone is 3. The van der Waals surface area contributed by atoms with Crippen LogP contribution in [0.2, 0.25) is 0 Å². The molecule has 0 amide bonds. The van der Waals surface area contributed by atoms with Gasteiger partial charge in [-0.1, -0.05) is 23.8 Å². The molecule has 0 atom stereocenters. The number of rotatable bonds is 2. The van der Waals surface area contributed by atoms with E-state index in [1.165, 1.54) is 5.57 Å². The van der Waals surface area contributed by atoms with Crippen LogP contribution < -0.4 is 0 Å². The largest absolute Gasteiger partial charge is 0.122 e. The lowest BCUT2D eigenvalue weighted by atomic mass is 10.1. The highest BCUT2D eigenvalue weighted by Crippen LogP contribution is 2.03. The molecule has 0 heterocycles. The Bertz CT molecular complexity index is 112. The van der Waals surface area contributed by atoms with Crippen molar-refractivity contribution >= 4 is 11.6 Å². The molecule has 0 aromatic rings. The Morgan fingerprint density at radius 1 is 1.62 bits per heavy atom. The molecular formula is C7H11Cl. The van der Waals surface area contributed by atoms with E-state index in [1.54, 1.807) is 0 Å². The van der Waals surface area contributed by atoms with E-state index >= 15 is 0 Å². The zero-order valence-electron chi connectivity index (χ0n) is 5.37. The number of alkyl halides is 1. The zero-order valence-corrected chi connectivity index (χ0v) is 6.13. The van der Waals surface area contributed by atoms with Gasteiger partial charge in [0, 0.05) is 5.88 Å². The van der Waals surface area contributed by atoms with Gasteiger partial charge in [-0.25, -0.2) is 0 Å². The minimum Gasteiger partial charge on any atom is -0.122 e. The van der Waals surface area contributed by atoms with Gasteiger partial charge in [0.2, 0.25) is 0 Å².